The van der Waals surface area contributed by atoms with Crippen LogP contribution in [0.25, 0.3) is 0 Å². The molecule has 1 atom stereocenters. The van der Waals surface area contributed by atoms with Crippen molar-refractivity contribution in [2.45, 2.75) is 58.9 Å². The van der Waals surface area contributed by atoms with Gasteiger partial charge in [0.1, 0.15) is 0 Å². The zero-order valence-corrected chi connectivity index (χ0v) is 17.4. The number of anilines is 1. The Bertz CT molecular complexity index is 918. The van der Waals surface area contributed by atoms with Gasteiger partial charge in [-0.2, -0.15) is 0 Å². The number of likely N-dealkylation sites (tertiary alicyclic amines) is 1. The van der Waals surface area contributed by atoms with E-state index in [-0.39, 0.29) is 11.8 Å². The van der Waals surface area contributed by atoms with Crippen molar-refractivity contribution in [3.63, 3.8) is 0 Å². The number of piperidine rings is 1. The number of hydrogen-bond donors (Lipinski definition) is 1. The molecule has 29 heavy (non-hydrogen) atoms. The SMILES string of the molecule is CCc1ccccc1NC(=O)c1nc(C(=O)N2CCCC(C)C2)n2c1CCCC2. The lowest BCUT2D eigenvalue weighted by atomic mass is 10.0. The van der Waals surface area contributed by atoms with Gasteiger partial charge in [-0.25, -0.2) is 4.98 Å². The first-order valence-corrected chi connectivity index (χ1v) is 10.9. The van der Waals surface area contributed by atoms with Crippen LogP contribution in [-0.2, 0) is 19.4 Å². The van der Waals surface area contributed by atoms with Crippen LogP contribution in [0.1, 0.15) is 71.9 Å². The Balaban J connectivity index is 1.64. The number of fused-ring (bicyclic) bond motifs is 1. The van der Waals surface area contributed by atoms with Gasteiger partial charge in [-0.1, -0.05) is 32.0 Å². The van der Waals surface area contributed by atoms with Crippen LogP contribution < -0.4 is 5.32 Å². The molecule has 1 saturated heterocycles. The molecule has 1 N–H and O–H groups in total. The summed E-state index contributed by atoms with van der Waals surface area (Å²) >= 11 is 0. The Morgan fingerprint density at radius 3 is 2.79 bits per heavy atom. The van der Waals surface area contributed by atoms with Gasteiger partial charge in [-0.05, 0) is 56.1 Å². The third-order valence-corrected chi connectivity index (χ3v) is 6.11. The average Bonchev–Trinajstić information content (AvgIpc) is 3.13. The summed E-state index contributed by atoms with van der Waals surface area (Å²) in [5, 5.41) is 3.03. The largest absolute Gasteiger partial charge is 0.336 e. The van der Waals surface area contributed by atoms with Crippen LogP contribution in [0.2, 0.25) is 0 Å². The topological polar surface area (TPSA) is 67.2 Å². The molecule has 1 fully saturated rings. The fourth-order valence-corrected chi connectivity index (χ4v) is 4.54. The number of amides is 2. The number of hydrogen-bond acceptors (Lipinski definition) is 3. The second-order valence-electron chi connectivity index (χ2n) is 8.30. The summed E-state index contributed by atoms with van der Waals surface area (Å²) in [5.41, 5.74) is 3.21. The van der Waals surface area contributed by atoms with Crippen molar-refractivity contribution < 1.29 is 9.59 Å². The Hall–Kier alpha value is -2.63. The Labute approximate surface area is 172 Å². The number of benzene rings is 1. The fourth-order valence-electron chi connectivity index (χ4n) is 4.54. The van der Waals surface area contributed by atoms with Crippen LogP contribution in [0.3, 0.4) is 0 Å². The molecule has 0 radical (unpaired) electrons. The van der Waals surface area contributed by atoms with E-state index in [2.05, 4.69) is 24.1 Å². The molecule has 1 aromatic carbocycles. The van der Waals surface area contributed by atoms with E-state index < -0.39 is 0 Å². The third-order valence-electron chi connectivity index (χ3n) is 6.11. The minimum Gasteiger partial charge on any atom is -0.336 e. The van der Waals surface area contributed by atoms with Crippen molar-refractivity contribution in [1.29, 1.82) is 0 Å². The first-order chi connectivity index (χ1) is 14.1. The summed E-state index contributed by atoms with van der Waals surface area (Å²) < 4.78 is 1.99. The van der Waals surface area contributed by atoms with Crippen LogP contribution in [0.4, 0.5) is 5.69 Å². The molecule has 3 heterocycles. The lowest BCUT2D eigenvalue weighted by Crippen LogP contribution is -2.40. The minimum atomic E-state index is -0.220. The van der Waals surface area contributed by atoms with Crippen molar-refractivity contribution >= 4 is 17.5 Å². The lowest BCUT2D eigenvalue weighted by Gasteiger charge is -2.31. The molecule has 0 spiro atoms. The predicted octanol–water partition coefficient (Wildman–Crippen LogP) is 3.91. The summed E-state index contributed by atoms with van der Waals surface area (Å²) in [7, 11) is 0. The van der Waals surface area contributed by atoms with Gasteiger partial charge in [-0.3, -0.25) is 9.59 Å². The molecule has 0 bridgehead atoms. The maximum atomic E-state index is 13.2. The average molecular weight is 395 g/mol. The Morgan fingerprint density at radius 2 is 2.00 bits per heavy atom. The van der Waals surface area contributed by atoms with Gasteiger partial charge in [0.05, 0.1) is 5.69 Å². The smallest absolute Gasteiger partial charge is 0.289 e. The Kier molecular flexibility index (Phi) is 5.69. The number of aromatic nitrogens is 2. The molecule has 6 nitrogen and oxygen atoms in total. The first-order valence-electron chi connectivity index (χ1n) is 10.9. The monoisotopic (exact) mass is 394 g/mol. The van der Waals surface area contributed by atoms with Gasteiger partial charge < -0.3 is 14.8 Å². The molecule has 0 saturated carbocycles. The number of para-hydroxylation sites is 1. The number of rotatable bonds is 4. The second-order valence-corrected chi connectivity index (χ2v) is 8.30. The van der Waals surface area contributed by atoms with Crippen molar-refractivity contribution in [2.24, 2.45) is 5.92 Å². The molecule has 1 aromatic heterocycles. The van der Waals surface area contributed by atoms with Crippen molar-refractivity contribution in [3.8, 4) is 0 Å². The highest BCUT2D eigenvalue weighted by Crippen LogP contribution is 2.25. The molecular weight excluding hydrogens is 364 g/mol. The maximum absolute atomic E-state index is 13.2. The van der Waals surface area contributed by atoms with Crippen LogP contribution >= 0.6 is 0 Å². The molecule has 2 aliphatic heterocycles. The van der Waals surface area contributed by atoms with Crippen molar-refractivity contribution in [1.82, 2.24) is 14.5 Å². The zero-order chi connectivity index (χ0) is 20.4. The lowest BCUT2D eigenvalue weighted by molar-refractivity contribution is 0.0664. The summed E-state index contributed by atoms with van der Waals surface area (Å²) in [6.07, 6.45) is 5.85. The van der Waals surface area contributed by atoms with E-state index in [1.165, 1.54) is 0 Å². The first kappa shape index (κ1) is 19.7. The number of imidazole rings is 1. The normalized spacial score (nSPS) is 19.0. The molecular formula is C23H30N4O2. The Morgan fingerprint density at radius 1 is 1.17 bits per heavy atom. The number of nitrogens with zero attached hydrogens (tertiary/aromatic N) is 3. The molecule has 154 valence electrons. The van der Waals surface area contributed by atoms with Crippen molar-refractivity contribution in [2.75, 3.05) is 18.4 Å². The van der Waals surface area contributed by atoms with E-state index in [0.717, 1.165) is 75.1 Å². The predicted molar refractivity (Wildman–Crippen MR) is 113 cm³/mol. The number of carbonyl (C=O) groups is 2. The summed E-state index contributed by atoms with van der Waals surface area (Å²) in [5.74, 6) is 0.690. The van der Waals surface area contributed by atoms with Gasteiger partial charge in [0.25, 0.3) is 11.8 Å². The van der Waals surface area contributed by atoms with Gasteiger partial charge in [-0.15, -0.1) is 0 Å². The van der Waals surface area contributed by atoms with E-state index in [1.807, 2.05) is 33.7 Å². The van der Waals surface area contributed by atoms with Gasteiger partial charge >= 0.3 is 0 Å². The summed E-state index contributed by atoms with van der Waals surface area (Å²) in [6.45, 7) is 6.55. The van der Waals surface area contributed by atoms with E-state index in [9.17, 15) is 9.59 Å². The van der Waals surface area contributed by atoms with Gasteiger partial charge in [0.2, 0.25) is 0 Å². The number of carbonyl (C=O) groups excluding carboxylic acids is 2. The summed E-state index contributed by atoms with van der Waals surface area (Å²) in [4.78, 5) is 32.8. The van der Waals surface area contributed by atoms with Gasteiger partial charge in [0.15, 0.2) is 11.5 Å². The number of aryl methyl sites for hydroxylation is 1. The highest BCUT2D eigenvalue weighted by Gasteiger charge is 2.31. The minimum absolute atomic E-state index is 0.0345. The molecule has 2 amide bonds. The second kappa shape index (κ2) is 8.39. The molecule has 1 unspecified atom stereocenters. The highest BCUT2D eigenvalue weighted by molar-refractivity contribution is 6.05. The molecule has 2 aliphatic rings. The standard InChI is InChI=1S/C23H30N4O2/c1-3-17-10-4-5-11-18(17)24-22(28)20-19-12-6-7-14-27(19)21(25-20)23(29)26-13-8-9-16(2)15-26/h4-5,10-11,16H,3,6-9,12-15H2,1-2H3,(H,24,28). The fraction of sp³-hybridized carbons (Fsp3) is 0.522. The van der Waals surface area contributed by atoms with Crippen LogP contribution in [0.5, 0.6) is 0 Å². The van der Waals surface area contributed by atoms with Crippen LogP contribution in [-0.4, -0.2) is 39.4 Å². The van der Waals surface area contributed by atoms with E-state index in [1.54, 1.807) is 0 Å². The summed E-state index contributed by atoms with van der Waals surface area (Å²) in [6, 6.07) is 7.83. The van der Waals surface area contributed by atoms with Crippen LogP contribution in [0.15, 0.2) is 24.3 Å². The zero-order valence-electron chi connectivity index (χ0n) is 17.4. The molecule has 0 aliphatic carbocycles. The number of nitrogens with one attached hydrogen (secondary N) is 1. The van der Waals surface area contributed by atoms with E-state index in [0.29, 0.717) is 17.4 Å². The van der Waals surface area contributed by atoms with E-state index in [4.69, 9.17) is 0 Å². The van der Waals surface area contributed by atoms with Gasteiger partial charge in [0, 0.05) is 25.3 Å². The van der Waals surface area contributed by atoms with Crippen molar-refractivity contribution in [3.05, 3.63) is 47.0 Å². The molecule has 4 rings (SSSR count). The van der Waals surface area contributed by atoms with Crippen LogP contribution in [0, 0.1) is 5.92 Å². The highest BCUT2D eigenvalue weighted by atomic mass is 16.2. The molecule has 6 heteroatoms. The quantitative estimate of drug-likeness (QED) is 0.855. The third kappa shape index (κ3) is 3.93. The van der Waals surface area contributed by atoms with E-state index >= 15 is 0 Å². The molecule has 2 aromatic rings. The maximum Gasteiger partial charge on any atom is 0.289 e.